The van der Waals surface area contributed by atoms with Crippen molar-refractivity contribution in [3.8, 4) is 0 Å². The smallest absolute Gasteiger partial charge is 0.173 e. The molecule has 0 saturated heterocycles. The van der Waals surface area contributed by atoms with Gasteiger partial charge in [-0.25, -0.2) is 0 Å². The molecule has 2 nitrogen and oxygen atoms in total. The molecule has 0 bridgehead atoms. The lowest BCUT2D eigenvalue weighted by Crippen LogP contribution is -2.38. The Hall–Kier alpha value is -1.58. The molecular weight excluding hydrogens is 288 g/mol. The normalized spacial score (nSPS) is 13.8. The van der Waals surface area contributed by atoms with Gasteiger partial charge in [0.05, 0.1) is 10.7 Å². The number of benzene rings is 2. The average molecular weight is 303 g/mol. The van der Waals surface area contributed by atoms with E-state index >= 15 is 0 Å². The molecule has 1 N–H and O–H groups in total. The van der Waals surface area contributed by atoms with Crippen LogP contribution in [0, 0.1) is 0 Å². The molecule has 1 heterocycles. The number of halogens is 1. The summed E-state index contributed by atoms with van der Waals surface area (Å²) in [5.41, 5.74) is 3.63. The van der Waals surface area contributed by atoms with Crippen molar-refractivity contribution in [2.24, 2.45) is 0 Å². The summed E-state index contributed by atoms with van der Waals surface area (Å²) in [6.07, 6.45) is 1.03. The third-order valence-corrected chi connectivity index (χ3v) is 4.22. The minimum Gasteiger partial charge on any atom is -0.344 e. The van der Waals surface area contributed by atoms with Gasteiger partial charge in [-0.05, 0) is 41.9 Å². The van der Waals surface area contributed by atoms with Crippen LogP contribution in [-0.4, -0.2) is 16.6 Å². The molecule has 0 radical (unpaired) electrons. The van der Waals surface area contributed by atoms with Crippen molar-refractivity contribution < 1.29 is 0 Å². The molecule has 3 rings (SSSR count). The molecule has 0 aromatic heterocycles. The Balaban J connectivity index is 1.72. The molecule has 0 amide bonds. The van der Waals surface area contributed by atoms with E-state index in [-0.39, 0.29) is 0 Å². The highest BCUT2D eigenvalue weighted by atomic mass is 35.5. The summed E-state index contributed by atoms with van der Waals surface area (Å²) in [5, 5.41) is 4.65. The summed E-state index contributed by atoms with van der Waals surface area (Å²) < 4.78 is 0. The number of hydrogen-bond donors (Lipinski definition) is 1. The van der Waals surface area contributed by atoms with Crippen molar-refractivity contribution in [3.05, 3.63) is 64.7 Å². The summed E-state index contributed by atoms with van der Waals surface area (Å²) in [6.45, 7) is 1.79. The molecule has 0 saturated carbocycles. The van der Waals surface area contributed by atoms with Crippen molar-refractivity contribution >= 4 is 34.6 Å². The van der Waals surface area contributed by atoms with E-state index in [0.717, 1.165) is 30.3 Å². The largest absolute Gasteiger partial charge is 0.344 e. The summed E-state index contributed by atoms with van der Waals surface area (Å²) in [6, 6.07) is 16.2. The van der Waals surface area contributed by atoms with Gasteiger partial charge in [0, 0.05) is 13.1 Å². The maximum absolute atomic E-state index is 6.15. The van der Waals surface area contributed by atoms with E-state index in [4.69, 9.17) is 23.8 Å². The van der Waals surface area contributed by atoms with Gasteiger partial charge in [-0.3, -0.25) is 0 Å². The molecular formula is C16H15ClN2S. The van der Waals surface area contributed by atoms with Crippen LogP contribution in [0.2, 0.25) is 5.02 Å². The standard InChI is InChI=1S/C16H15ClN2S/c17-14-7-3-4-8-15(14)18-16(20)19-10-9-12-5-1-2-6-13(12)11-19/h1-8H,9-11H2,(H,18,20). The molecule has 0 unspecified atom stereocenters. The predicted molar refractivity (Wildman–Crippen MR) is 88.2 cm³/mol. The van der Waals surface area contributed by atoms with E-state index in [1.54, 1.807) is 0 Å². The average Bonchev–Trinajstić information content (AvgIpc) is 2.49. The minimum atomic E-state index is 0.687. The zero-order valence-corrected chi connectivity index (χ0v) is 12.5. The van der Waals surface area contributed by atoms with Crippen molar-refractivity contribution in [3.63, 3.8) is 0 Å². The first-order chi connectivity index (χ1) is 9.74. The van der Waals surface area contributed by atoms with Gasteiger partial charge in [0.15, 0.2) is 5.11 Å². The highest BCUT2D eigenvalue weighted by Crippen LogP contribution is 2.23. The van der Waals surface area contributed by atoms with Crippen molar-refractivity contribution in [1.82, 2.24) is 4.90 Å². The molecule has 0 aliphatic carbocycles. The van der Waals surface area contributed by atoms with E-state index in [9.17, 15) is 0 Å². The Labute approximate surface area is 129 Å². The van der Waals surface area contributed by atoms with E-state index in [0.29, 0.717) is 5.02 Å². The lowest BCUT2D eigenvalue weighted by atomic mass is 10.0. The van der Waals surface area contributed by atoms with E-state index in [1.165, 1.54) is 11.1 Å². The molecule has 4 heteroatoms. The van der Waals surface area contributed by atoms with Crippen LogP contribution in [-0.2, 0) is 13.0 Å². The van der Waals surface area contributed by atoms with E-state index in [2.05, 4.69) is 34.5 Å². The van der Waals surface area contributed by atoms with Gasteiger partial charge in [0.25, 0.3) is 0 Å². The first-order valence-corrected chi connectivity index (χ1v) is 7.40. The summed E-state index contributed by atoms with van der Waals surface area (Å²) in [5.74, 6) is 0. The predicted octanol–water partition coefficient (Wildman–Crippen LogP) is 4.10. The van der Waals surface area contributed by atoms with Gasteiger partial charge < -0.3 is 10.2 Å². The van der Waals surface area contributed by atoms with Crippen molar-refractivity contribution in [2.75, 3.05) is 11.9 Å². The van der Waals surface area contributed by atoms with Crippen molar-refractivity contribution in [1.29, 1.82) is 0 Å². The first-order valence-electron chi connectivity index (χ1n) is 6.61. The lowest BCUT2D eigenvalue weighted by Gasteiger charge is -2.31. The maximum atomic E-state index is 6.15. The van der Waals surface area contributed by atoms with E-state index in [1.807, 2.05) is 24.3 Å². The van der Waals surface area contributed by atoms with Crippen LogP contribution in [0.1, 0.15) is 11.1 Å². The number of fused-ring (bicyclic) bond motifs is 1. The van der Waals surface area contributed by atoms with Crippen molar-refractivity contribution in [2.45, 2.75) is 13.0 Å². The van der Waals surface area contributed by atoms with Crippen LogP contribution < -0.4 is 5.32 Å². The fourth-order valence-corrected chi connectivity index (χ4v) is 2.87. The van der Waals surface area contributed by atoms with Gasteiger partial charge in [0.2, 0.25) is 0 Å². The number of rotatable bonds is 1. The van der Waals surface area contributed by atoms with Gasteiger partial charge in [0.1, 0.15) is 0 Å². The molecule has 20 heavy (non-hydrogen) atoms. The van der Waals surface area contributed by atoms with Crippen LogP contribution in [0.3, 0.4) is 0 Å². The molecule has 2 aromatic carbocycles. The van der Waals surface area contributed by atoms with Gasteiger partial charge in [-0.1, -0.05) is 48.0 Å². The molecule has 0 spiro atoms. The van der Waals surface area contributed by atoms with Crippen LogP contribution in [0.5, 0.6) is 0 Å². The second-order valence-corrected chi connectivity index (χ2v) is 5.64. The Kier molecular flexibility index (Phi) is 3.90. The molecule has 1 aliphatic rings. The van der Waals surface area contributed by atoms with Crippen LogP contribution >= 0.6 is 23.8 Å². The molecule has 102 valence electrons. The topological polar surface area (TPSA) is 15.3 Å². The highest BCUT2D eigenvalue weighted by Gasteiger charge is 2.18. The Morgan fingerprint density at radius 1 is 1.05 bits per heavy atom. The molecule has 0 atom stereocenters. The number of para-hydroxylation sites is 1. The number of hydrogen-bond acceptors (Lipinski definition) is 1. The Morgan fingerprint density at radius 3 is 2.55 bits per heavy atom. The number of anilines is 1. The number of nitrogens with zero attached hydrogens (tertiary/aromatic N) is 1. The summed E-state index contributed by atoms with van der Waals surface area (Å²) in [4.78, 5) is 2.18. The van der Waals surface area contributed by atoms with Crippen LogP contribution in [0.4, 0.5) is 5.69 Å². The highest BCUT2D eigenvalue weighted by molar-refractivity contribution is 7.80. The van der Waals surface area contributed by atoms with Gasteiger partial charge in [-0.2, -0.15) is 0 Å². The number of nitrogens with one attached hydrogen (secondary N) is 1. The minimum absolute atomic E-state index is 0.687. The zero-order valence-electron chi connectivity index (χ0n) is 11.0. The third-order valence-electron chi connectivity index (χ3n) is 3.53. The summed E-state index contributed by atoms with van der Waals surface area (Å²) in [7, 11) is 0. The molecule has 0 fully saturated rings. The zero-order chi connectivity index (χ0) is 13.9. The SMILES string of the molecule is S=C(Nc1ccccc1Cl)N1CCc2ccccc2C1. The fourth-order valence-electron chi connectivity index (χ4n) is 2.43. The Bertz CT molecular complexity index is 642. The van der Waals surface area contributed by atoms with Crippen LogP contribution in [0.15, 0.2) is 48.5 Å². The fraction of sp³-hybridized carbons (Fsp3) is 0.188. The number of thiocarbonyl (C=S) groups is 1. The lowest BCUT2D eigenvalue weighted by molar-refractivity contribution is 0.399. The quantitative estimate of drug-likeness (QED) is 0.799. The molecule has 1 aliphatic heterocycles. The first kappa shape index (κ1) is 13.4. The van der Waals surface area contributed by atoms with Gasteiger partial charge >= 0.3 is 0 Å². The maximum Gasteiger partial charge on any atom is 0.173 e. The monoisotopic (exact) mass is 302 g/mol. The van der Waals surface area contributed by atoms with Gasteiger partial charge in [-0.15, -0.1) is 0 Å². The third kappa shape index (κ3) is 2.79. The second-order valence-electron chi connectivity index (χ2n) is 4.85. The summed E-state index contributed by atoms with van der Waals surface area (Å²) >= 11 is 11.6. The second kappa shape index (κ2) is 5.81. The molecule has 2 aromatic rings. The van der Waals surface area contributed by atoms with E-state index < -0.39 is 0 Å². The Morgan fingerprint density at radius 2 is 1.75 bits per heavy atom. The van der Waals surface area contributed by atoms with Crippen LogP contribution in [0.25, 0.3) is 0 Å².